The van der Waals surface area contributed by atoms with E-state index in [-0.39, 0.29) is 12.5 Å². The lowest BCUT2D eigenvalue weighted by molar-refractivity contribution is -0.138. The number of amides is 1. The Hall–Kier alpha value is -4.69. The van der Waals surface area contributed by atoms with Gasteiger partial charge >= 0.3 is 5.97 Å². The molecule has 0 saturated carbocycles. The van der Waals surface area contributed by atoms with Gasteiger partial charge in [-0.2, -0.15) is 0 Å². The van der Waals surface area contributed by atoms with E-state index in [0.717, 1.165) is 27.5 Å². The average Bonchev–Trinajstić information content (AvgIpc) is 3.33. The summed E-state index contributed by atoms with van der Waals surface area (Å²) < 4.78 is 6.60. The molecule has 0 bridgehead atoms. The summed E-state index contributed by atoms with van der Waals surface area (Å²) in [6.45, 7) is 0.756. The van der Waals surface area contributed by atoms with Gasteiger partial charge in [0.25, 0.3) is 5.91 Å². The van der Waals surface area contributed by atoms with Crippen molar-refractivity contribution in [3.63, 3.8) is 0 Å². The summed E-state index contributed by atoms with van der Waals surface area (Å²) >= 11 is 0. The van der Waals surface area contributed by atoms with Crippen LogP contribution in [0.5, 0.6) is 0 Å². The minimum absolute atomic E-state index is 0.0429. The van der Waals surface area contributed by atoms with Crippen molar-refractivity contribution in [2.45, 2.75) is 13.1 Å². The molecule has 37 heavy (non-hydrogen) atoms. The number of carbonyl (C=O) groups excluding carboxylic acids is 2. The zero-order valence-electron chi connectivity index (χ0n) is 20.4. The number of nitrogens with one attached hydrogen (secondary N) is 2. The molecule has 0 aliphatic heterocycles. The number of esters is 1. The number of hydrogen-bond acceptors (Lipinski definition) is 6. The number of carbonyl (C=O) groups is 2. The van der Waals surface area contributed by atoms with E-state index < -0.39 is 5.97 Å². The number of pyridine rings is 1. The fraction of sp³-hybridized carbons (Fsp3) is 0.138. The van der Waals surface area contributed by atoms with Crippen molar-refractivity contribution in [3.05, 3.63) is 102 Å². The van der Waals surface area contributed by atoms with Gasteiger partial charge in [-0.3, -0.25) is 14.0 Å². The monoisotopic (exact) mass is 493 g/mol. The number of fused-ring (bicyclic) bond motifs is 2. The van der Waals surface area contributed by atoms with Gasteiger partial charge in [0.1, 0.15) is 18.1 Å². The first-order valence-electron chi connectivity index (χ1n) is 11.9. The Balaban J connectivity index is 1.54. The van der Waals surface area contributed by atoms with Crippen LogP contribution in [0.1, 0.15) is 21.5 Å². The second-order valence-corrected chi connectivity index (χ2v) is 8.62. The third-order valence-corrected chi connectivity index (χ3v) is 6.23. The number of imidazole rings is 1. The van der Waals surface area contributed by atoms with Crippen LogP contribution in [-0.4, -0.2) is 34.9 Å². The Labute approximate surface area is 214 Å². The average molecular weight is 494 g/mol. The molecular weight excluding hydrogens is 466 g/mol. The highest BCUT2D eigenvalue weighted by molar-refractivity contribution is 6.01. The van der Waals surface area contributed by atoms with Crippen LogP contribution in [0.3, 0.4) is 0 Å². The van der Waals surface area contributed by atoms with Gasteiger partial charge in [-0.25, -0.2) is 4.98 Å². The fourth-order valence-electron chi connectivity index (χ4n) is 4.32. The molecule has 0 aliphatic carbocycles. The third-order valence-electron chi connectivity index (χ3n) is 6.23. The highest BCUT2D eigenvalue weighted by atomic mass is 16.5. The molecule has 0 radical (unpaired) electrons. The lowest BCUT2D eigenvalue weighted by atomic mass is 10.1. The first-order valence-corrected chi connectivity index (χ1v) is 11.9. The van der Waals surface area contributed by atoms with Crippen LogP contribution in [0.25, 0.3) is 27.7 Å². The molecule has 186 valence electrons. The predicted molar refractivity (Wildman–Crippen MR) is 144 cm³/mol. The van der Waals surface area contributed by atoms with Crippen molar-refractivity contribution in [1.29, 1.82) is 0 Å². The molecule has 0 spiro atoms. The number of rotatable bonds is 8. The zero-order chi connectivity index (χ0) is 25.8. The number of methoxy groups -OCH3 is 1. The summed E-state index contributed by atoms with van der Waals surface area (Å²) in [4.78, 5) is 30.0. The molecule has 0 fully saturated rings. The second-order valence-electron chi connectivity index (χ2n) is 8.62. The van der Waals surface area contributed by atoms with Crippen LogP contribution in [0.15, 0.2) is 85.1 Å². The Kier molecular flexibility index (Phi) is 6.83. The van der Waals surface area contributed by atoms with Crippen molar-refractivity contribution >= 4 is 34.1 Å². The van der Waals surface area contributed by atoms with Crippen molar-refractivity contribution < 1.29 is 14.3 Å². The molecule has 5 rings (SSSR count). The topological polar surface area (TPSA) is 111 Å². The molecule has 8 heteroatoms. The number of nitrogens with two attached hydrogens (primary N) is 1. The maximum Gasteiger partial charge on any atom is 0.325 e. The van der Waals surface area contributed by atoms with E-state index in [9.17, 15) is 9.59 Å². The summed E-state index contributed by atoms with van der Waals surface area (Å²) in [6.07, 6.45) is 1.81. The van der Waals surface area contributed by atoms with E-state index in [4.69, 9.17) is 15.5 Å². The van der Waals surface area contributed by atoms with Crippen LogP contribution in [0.4, 0.5) is 5.82 Å². The van der Waals surface area contributed by atoms with Gasteiger partial charge in [-0.15, -0.1) is 0 Å². The van der Waals surface area contributed by atoms with Gasteiger partial charge in [0, 0.05) is 24.8 Å². The van der Waals surface area contributed by atoms with Crippen molar-refractivity contribution in [1.82, 2.24) is 14.7 Å². The quantitative estimate of drug-likeness (QED) is 0.280. The lowest BCUT2D eigenvalue weighted by Gasteiger charge is -2.10. The lowest BCUT2D eigenvalue weighted by Crippen LogP contribution is -2.23. The van der Waals surface area contributed by atoms with Crippen molar-refractivity contribution in [3.8, 4) is 11.3 Å². The minimum atomic E-state index is -0.409. The molecule has 0 unspecified atom stereocenters. The standard InChI is InChI=1S/C29H27N5O3/c1-37-25(35)18-31-28-26(23-12-11-21-8-2-3-9-22(21)15-23)33-27-24(10-5-13-34(27)28)29(36)32-17-20-7-4-6-19(14-20)16-30/h2-15,31H,16-18,30H2,1H3,(H,32,36). The highest BCUT2D eigenvalue weighted by Crippen LogP contribution is 2.32. The van der Waals surface area contributed by atoms with E-state index in [2.05, 4.69) is 10.6 Å². The number of ether oxygens (including phenoxy) is 1. The SMILES string of the molecule is COC(=O)CNc1c(-c2ccc3ccccc3c2)nc2c(C(=O)NCc3cccc(CN)c3)cccn12. The van der Waals surface area contributed by atoms with E-state index in [1.54, 1.807) is 16.5 Å². The summed E-state index contributed by atoms with van der Waals surface area (Å²) in [5, 5.41) is 8.31. The summed E-state index contributed by atoms with van der Waals surface area (Å²) in [5.41, 5.74) is 10.1. The van der Waals surface area contributed by atoms with Crippen LogP contribution >= 0.6 is 0 Å². The summed E-state index contributed by atoms with van der Waals surface area (Å²) in [5.74, 6) is -0.0627. The molecule has 3 aromatic carbocycles. The number of nitrogens with zero attached hydrogens (tertiary/aromatic N) is 2. The normalized spacial score (nSPS) is 11.0. The van der Waals surface area contributed by atoms with E-state index in [1.165, 1.54) is 7.11 Å². The minimum Gasteiger partial charge on any atom is -0.468 e. The van der Waals surface area contributed by atoms with Crippen molar-refractivity contribution in [2.24, 2.45) is 5.73 Å². The first kappa shape index (κ1) is 24.0. The molecule has 0 aliphatic rings. The highest BCUT2D eigenvalue weighted by Gasteiger charge is 2.20. The second kappa shape index (κ2) is 10.5. The molecule has 0 saturated heterocycles. The zero-order valence-corrected chi connectivity index (χ0v) is 20.4. The Morgan fingerprint density at radius 3 is 2.57 bits per heavy atom. The molecular formula is C29H27N5O3. The number of anilines is 1. The maximum atomic E-state index is 13.2. The van der Waals surface area contributed by atoms with Gasteiger partial charge < -0.3 is 21.1 Å². The molecule has 8 nitrogen and oxygen atoms in total. The fourth-order valence-corrected chi connectivity index (χ4v) is 4.32. The maximum absolute atomic E-state index is 13.2. The van der Waals surface area contributed by atoms with E-state index >= 15 is 0 Å². The molecule has 4 N–H and O–H groups in total. The third kappa shape index (κ3) is 5.00. The summed E-state index contributed by atoms with van der Waals surface area (Å²) in [7, 11) is 1.34. The molecule has 0 atom stereocenters. The molecule has 1 amide bonds. The first-order chi connectivity index (χ1) is 18.1. The number of aromatic nitrogens is 2. The van der Waals surface area contributed by atoms with Crippen LogP contribution < -0.4 is 16.4 Å². The van der Waals surface area contributed by atoms with Gasteiger partial charge in [-0.1, -0.05) is 60.7 Å². The largest absolute Gasteiger partial charge is 0.468 e. The van der Waals surface area contributed by atoms with Crippen LogP contribution in [0.2, 0.25) is 0 Å². The Bertz CT molecular complexity index is 1610. The van der Waals surface area contributed by atoms with Gasteiger partial charge in [0.2, 0.25) is 0 Å². The van der Waals surface area contributed by atoms with E-state index in [1.807, 2.05) is 72.9 Å². The molecule has 2 heterocycles. The van der Waals surface area contributed by atoms with Gasteiger partial charge in [0.15, 0.2) is 5.65 Å². The van der Waals surface area contributed by atoms with Gasteiger partial charge in [0.05, 0.1) is 12.7 Å². The van der Waals surface area contributed by atoms with Crippen LogP contribution in [0, 0.1) is 0 Å². The predicted octanol–water partition coefficient (Wildman–Crippen LogP) is 4.13. The smallest absolute Gasteiger partial charge is 0.325 e. The molecule has 2 aromatic heterocycles. The van der Waals surface area contributed by atoms with E-state index in [0.29, 0.717) is 35.8 Å². The van der Waals surface area contributed by atoms with Crippen molar-refractivity contribution in [2.75, 3.05) is 19.0 Å². The number of hydrogen-bond donors (Lipinski definition) is 3. The van der Waals surface area contributed by atoms with Gasteiger partial charge in [-0.05, 0) is 40.1 Å². The Morgan fingerprint density at radius 2 is 1.76 bits per heavy atom. The number of benzene rings is 3. The summed E-state index contributed by atoms with van der Waals surface area (Å²) in [6, 6.07) is 25.4. The van der Waals surface area contributed by atoms with Crippen LogP contribution in [-0.2, 0) is 22.6 Å². The Morgan fingerprint density at radius 1 is 0.946 bits per heavy atom. The molecule has 5 aromatic rings.